The van der Waals surface area contributed by atoms with Crippen LogP contribution in [0, 0.1) is 17.3 Å². The monoisotopic (exact) mass is 253 g/mol. The minimum atomic E-state index is 0.303. The maximum atomic E-state index is 6.04. The van der Waals surface area contributed by atoms with E-state index in [1.54, 1.807) is 0 Å². The van der Waals surface area contributed by atoms with Gasteiger partial charge in [0.15, 0.2) is 0 Å². The van der Waals surface area contributed by atoms with Gasteiger partial charge >= 0.3 is 0 Å². The summed E-state index contributed by atoms with van der Waals surface area (Å²) < 4.78 is 6.04. The third-order valence-corrected chi connectivity index (χ3v) is 5.09. The highest BCUT2D eigenvalue weighted by molar-refractivity contribution is 5.04. The average molecular weight is 253 g/mol. The highest BCUT2D eigenvalue weighted by atomic mass is 16.5. The maximum absolute atomic E-state index is 6.04. The molecule has 4 unspecified atom stereocenters. The zero-order valence-corrected chi connectivity index (χ0v) is 12.8. The fraction of sp³-hybridized carbons (Fsp3) is 1.00. The summed E-state index contributed by atoms with van der Waals surface area (Å²) >= 11 is 0. The number of hydrogen-bond donors (Lipinski definition) is 1. The molecule has 2 rings (SSSR count). The predicted molar refractivity (Wildman–Crippen MR) is 76.7 cm³/mol. The van der Waals surface area contributed by atoms with E-state index in [1.165, 1.54) is 25.7 Å². The fourth-order valence-electron chi connectivity index (χ4n) is 3.41. The molecular weight excluding hydrogens is 222 g/mol. The second-order valence-corrected chi connectivity index (χ2v) is 7.51. The van der Waals surface area contributed by atoms with Crippen LogP contribution in [0.25, 0.3) is 0 Å². The van der Waals surface area contributed by atoms with Crippen LogP contribution in [0.2, 0.25) is 0 Å². The molecule has 0 aliphatic heterocycles. The van der Waals surface area contributed by atoms with E-state index in [9.17, 15) is 0 Å². The van der Waals surface area contributed by atoms with Gasteiger partial charge in [-0.3, -0.25) is 0 Å². The third kappa shape index (κ3) is 2.91. The van der Waals surface area contributed by atoms with Crippen LogP contribution in [0.3, 0.4) is 0 Å². The Labute approximate surface area is 113 Å². The van der Waals surface area contributed by atoms with Gasteiger partial charge in [-0.05, 0) is 31.1 Å². The van der Waals surface area contributed by atoms with Gasteiger partial charge in [0.2, 0.25) is 0 Å². The van der Waals surface area contributed by atoms with Crippen molar-refractivity contribution in [2.75, 3.05) is 6.61 Å². The van der Waals surface area contributed by atoms with Crippen LogP contribution in [0.5, 0.6) is 0 Å². The van der Waals surface area contributed by atoms with Crippen LogP contribution in [-0.4, -0.2) is 24.8 Å². The second kappa shape index (κ2) is 5.50. The normalized spacial score (nSPS) is 39.0. The number of hydrogen-bond acceptors (Lipinski definition) is 2. The Morgan fingerprint density at radius 2 is 2.00 bits per heavy atom. The highest BCUT2D eigenvalue weighted by Crippen LogP contribution is 2.44. The number of rotatable bonds is 5. The molecule has 0 aromatic heterocycles. The molecule has 0 amide bonds. The number of ether oxygens (including phenoxy) is 1. The Balaban J connectivity index is 1.79. The first-order chi connectivity index (χ1) is 8.41. The van der Waals surface area contributed by atoms with E-state index in [-0.39, 0.29) is 0 Å². The van der Waals surface area contributed by atoms with Crippen molar-refractivity contribution in [3.8, 4) is 0 Å². The van der Waals surface area contributed by atoms with Gasteiger partial charge in [-0.15, -0.1) is 0 Å². The Morgan fingerprint density at radius 1 is 1.28 bits per heavy atom. The van der Waals surface area contributed by atoms with E-state index in [1.807, 2.05) is 0 Å². The smallest absolute Gasteiger partial charge is 0.0656 e. The van der Waals surface area contributed by atoms with Crippen molar-refractivity contribution in [1.82, 2.24) is 5.32 Å². The van der Waals surface area contributed by atoms with Crippen LogP contribution in [-0.2, 0) is 4.74 Å². The first-order valence-electron chi connectivity index (χ1n) is 7.79. The van der Waals surface area contributed by atoms with Crippen LogP contribution < -0.4 is 5.32 Å². The fourth-order valence-corrected chi connectivity index (χ4v) is 3.41. The molecule has 1 N–H and O–H groups in total. The Hall–Kier alpha value is -0.0800. The number of nitrogens with one attached hydrogen (secondary N) is 1. The minimum Gasteiger partial charge on any atom is -0.377 e. The molecule has 2 saturated carbocycles. The van der Waals surface area contributed by atoms with Crippen molar-refractivity contribution in [3.05, 3.63) is 0 Å². The van der Waals surface area contributed by atoms with Crippen molar-refractivity contribution >= 4 is 0 Å². The van der Waals surface area contributed by atoms with E-state index in [0.717, 1.165) is 18.6 Å². The van der Waals surface area contributed by atoms with Gasteiger partial charge in [0, 0.05) is 24.1 Å². The maximum Gasteiger partial charge on any atom is 0.0656 e. The molecule has 0 aromatic rings. The first kappa shape index (κ1) is 14.3. The Morgan fingerprint density at radius 3 is 2.50 bits per heavy atom. The van der Waals surface area contributed by atoms with Gasteiger partial charge < -0.3 is 10.1 Å². The quantitative estimate of drug-likeness (QED) is 0.808. The lowest BCUT2D eigenvalue weighted by Gasteiger charge is -2.53. The molecule has 4 atom stereocenters. The molecular formula is C16H31NO. The molecule has 2 heteroatoms. The van der Waals surface area contributed by atoms with Crippen molar-refractivity contribution in [2.45, 2.75) is 78.5 Å². The molecule has 2 fully saturated rings. The van der Waals surface area contributed by atoms with Crippen molar-refractivity contribution < 1.29 is 4.74 Å². The van der Waals surface area contributed by atoms with Gasteiger partial charge in [0.05, 0.1) is 6.10 Å². The van der Waals surface area contributed by atoms with Crippen LogP contribution in [0.15, 0.2) is 0 Å². The SMILES string of the molecule is CC(C)COC1CC(NC2CCCC2C)C1(C)C. The van der Waals surface area contributed by atoms with Gasteiger partial charge in [-0.1, -0.05) is 41.0 Å². The van der Waals surface area contributed by atoms with E-state index >= 15 is 0 Å². The Kier molecular flexibility index (Phi) is 4.38. The predicted octanol–water partition coefficient (Wildman–Crippen LogP) is 3.60. The van der Waals surface area contributed by atoms with Gasteiger partial charge in [-0.2, -0.15) is 0 Å². The topological polar surface area (TPSA) is 21.3 Å². The summed E-state index contributed by atoms with van der Waals surface area (Å²) in [4.78, 5) is 0. The van der Waals surface area contributed by atoms with Crippen molar-refractivity contribution in [1.29, 1.82) is 0 Å². The lowest BCUT2D eigenvalue weighted by atomic mass is 9.64. The summed E-state index contributed by atoms with van der Waals surface area (Å²) in [7, 11) is 0. The van der Waals surface area contributed by atoms with Crippen molar-refractivity contribution in [2.24, 2.45) is 17.3 Å². The van der Waals surface area contributed by atoms with E-state index in [4.69, 9.17) is 4.74 Å². The lowest BCUT2D eigenvalue weighted by Crippen LogP contribution is -2.63. The summed E-state index contributed by atoms with van der Waals surface area (Å²) in [5, 5.41) is 3.89. The average Bonchev–Trinajstić information content (AvgIpc) is 2.68. The molecule has 0 bridgehead atoms. The summed E-state index contributed by atoms with van der Waals surface area (Å²) in [6.07, 6.45) is 5.82. The summed E-state index contributed by atoms with van der Waals surface area (Å²) in [6, 6.07) is 1.40. The molecule has 2 nitrogen and oxygen atoms in total. The standard InChI is InChI=1S/C16H31NO/c1-11(2)10-18-15-9-14(16(15,4)5)17-13-8-6-7-12(13)3/h11-15,17H,6-10H2,1-5H3. The molecule has 18 heavy (non-hydrogen) atoms. The largest absolute Gasteiger partial charge is 0.377 e. The van der Waals surface area contributed by atoms with Gasteiger partial charge in [0.1, 0.15) is 0 Å². The summed E-state index contributed by atoms with van der Waals surface area (Å²) in [5.41, 5.74) is 0.303. The van der Waals surface area contributed by atoms with E-state index in [2.05, 4.69) is 39.9 Å². The summed E-state index contributed by atoms with van der Waals surface area (Å²) in [5.74, 6) is 1.50. The van der Waals surface area contributed by atoms with Gasteiger partial charge in [0.25, 0.3) is 0 Å². The Bertz CT molecular complexity index is 274. The molecule has 2 aliphatic carbocycles. The molecule has 0 aromatic carbocycles. The van der Waals surface area contributed by atoms with Crippen LogP contribution >= 0.6 is 0 Å². The molecule has 0 radical (unpaired) electrons. The lowest BCUT2D eigenvalue weighted by molar-refractivity contribution is -0.126. The highest BCUT2D eigenvalue weighted by Gasteiger charge is 2.49. The summed E-state index contributed by atoms with van der Waals surface area (Å²) in [6.45, 7) is 12.5. The zero-order valence-electron chi connectivity index (χ0n) is 12.8. The molecule has 106 valence electrons. The minimum absolute atomic E-state index is 0.303. The van der Waals surface area contributed by atoms with Crippen LogP contribution in [0.4, 0.5) is 0 Å². The van der Waals surface area contributed by atoms with E-state index < -0.39 is 0 Å². The van der Waals surface area contributed by atoms with Crippen LogP contribution in [0.1, 0.15) is 60.3 Å². The first-order valence-corrected chi connectivity index (χ1v) is 7.79. The third-order valence-electron chi connectivity index (χ3n) is 5.09. The van der Waals surface area contributed by atoms with E-state index in [0.29, 0.717) is 23.5 Å². The molecule has 0 heterocycles. The zero-order chi connectivity index (χ0) is 13.3. The molecule has 0 spiro atoms. The second-order valence-electron chi connectivity index (χ2n) is 7.51. The molecule has 2 aliphatic rings. The molecule has 0 saturated heterocycles. The van der Waals surface area contributed by atoms with Crippen molar-refractivity contribution in [3.63, 3.8) is 0 Å². The van der Waals surface area contributed by atoms with Gasteiger partial charge in [-0.25, -0.2) is 0 Å².